The Kier molecular flexibility index (Phi) is 5.65. The predicted molar refractivity (Wildman–Crippen MR) is 73.8 cm³/mol. The normalized spacial score (nSPS) is 20.2. The van der Waals surface area contributed by atoms with Gasteiger partial charge in [0.25, 0.3) is 5.91 Å². The number of nitrogens with zero attached hydrogens (tertiary/aromatic N) is 1. The average molecular weight is 315 g/mol. The van der Waals surface area contributed by atoms with Crippen LogP contribution in [0, 0.1) is 0 Å². The van der Waals surface area contributed by atoms with Crippen LogP contribution in [-0.4, -0.2) is 58.6 Å². The lowest BCUT2D eigenvalue weighted by molar-refractivity contribution is -0.159. The summed E-state index contributed by atoms with van der Waals surface area (Å²) in [7, 11) is 1.27. The van der Waals surface area contributed by atoms with Gasteiger partial charge in [-0.15, -0.1) is 0 Å². The van der Waals surface area contributed by atoms with E-state index < -0.39 is 41.5 Å². The van der Waals surface area contributed by atoms with Gasteiger partial charge in [0.2, 0.25) is 5.91 Å². The van der Waals surface area contributed by atoms with Gasteiger partial charge in [-0.2, -0.15) is 0 Å². The van der Waals surface area contributed by atoms with Crippen molar-refractivity contribution in [3.05, 3.63) is 0 Å². The molecule has 2 atom stereocenters. The van der Waals surface area contributed by atoms with Crippen molar-refractivity contribution < 1.29 is 33.8 Å². The second kappa shape index (κ2) is 6.87. The molecule has 0 aromatic carbocycles. The van der Waals surface area contributed by atoms with Gasteiger partial charge in [-0.25, -0.2) is 4.79 Å². The zero-order valence-electron chi connectivity index (χ0n) is 13.1. The molecule has 0 saturated carbocycles. The standard InChI is InChI=1S/C14H21NO7/c1-14(2,3)22-11(17)6-5-8(13(19)20)15-10(16)7-9(21-4)12(15)18/h8-9H,5-7H2,1-4H3,(H,19,20)/t8-,9?/m0/s1. The van der Waals surface area contributed by atoms with Crippen molar-refractivity contribution in [3.8, 4) is 0 Å². The van der Waals surface area contributed by atoms with E-state index >= 15 is 0 Å². The quantitative estimate of drug-likeness (QED) is 0.555. The van der Waals surface area contributed by atoms with Crippen LogP contribution in [0.25, 0.3) is 0 Å². The number of rotatable bonds is 6. The van der Waals surface area contributed by atoms with Crippen molar-refractivity contribution in [2.45, 2.75) is 57.8 Å². The molecule has 0 bridgehead atoms. The number of esters is 1. The summed E-state index contributed by atoms with van der Waals surface area (Å²) in [5, 5.41) is 9.23. The van der Waals surface area contributed by atoms with Crippen molar-refractivity contribution in [1.29, 1.82) is 0 Å². The molecule has 1 unspecified atom stereocenters. The number of carbonyl (C=O) groups excluding carboxylic acids is 3. The Balaban J connectivity index is 2.75. The SMILES string of the molecule is COC1CC(=O)N([C@@H](CCC(=O)OC(C)(C)C)C(=O)O)C1=O. The van der Waals surface area contributed by atoms with Crippen molar-refractivity contribution in [3.63, 3.8) is 0 Å². The van der Waals surface area contributed by atoms with Crippen LogP contribution in [0.3, 0.4) is 0 Å². The number of carboxylic acid groups (broad SMARTS) is 1. The maximum atomic E-state index is 12.0. The number of likely N-dealkylation sites (tertiary alicyclic amines) is 1. The van der Waals surface area contributed by atoms with E-state index in [1.807, 2.05) is 0 Å². The van der Waals surface area contributed by atoms with Gasteiger partial charge in [0.1, 0.15) is 17.7 Å². The fourth-order valence-corrected chi connectivity index (χ4v) is 2.14. The minimum atomic E-state index is -1.40. The summed E-state index contributed by atoms with van der Waals surface area (Å²) < 4.78 is 9.93. The maximum Gasteiger partial charge on any atom is 0.326 e. The molecule has 0 aliphatic carbocycles. The number of hydrogen-bond acceptors (Lipinski definition) is 6. The number of amides is 2. The first kappa shape index (κ1) is 18.1. The third-order valence-corrected chi connectivity index (χ3v) is 3.06. The average Bonchev–Trinajstić information content (AvgIpc) is 2.63. The molecular formula is C14H21NO7. The highest BCUT2D eigenvalue weighted by atomic mass is 16.6. The molecule has 1 fully saturated rings. The van der Waals surface area contributed by atoms with Crippen molar-refractivity contribution in [2.24, 2.45) is 0 Å². The Morgan fingerprint density at radius 1 is 1.36 bits per heavy atom. The summed E-state index contributed by atoms with van der Waals surface area (Å²) in [6, 6.07) is -1.40. The van der Waals surface area contributed by atoms with Gasteiger partial charge in [0.15, 0.2) is 0 Å². The topological polar surface area (TPSA) is 110 Å². The summed E-state index contributed by atoms with van der Waals surface area (Å²) in [5.74, 6) is -3.24. The van der Waals surface area contributed by atoms with E-state index in [2.05, 4.69) is 0 Å². The Morgan fingerprint density at radius 2 is 1.95 bits per heavy atom. The van der Waals surface area contributed by atoms with E-state index in [1.165, 1.54) is 7.11 Å². The summed E-state index contributed by atoms with van der Waals surface area (Å²) in [4.78, 5) is 47.4. The van der Waals surface area contributed by atoms with Crippen molar-refractivity contribution in [2.75, 3.05) is 7.11 Å². The van der Waals surface area contributed by atoms with Gasteiger partial charge in [0, 0.05) is 13.5 Å². The molecule has 8 nitrogen and oxygen atoms in total. The molecule has 1 aliphatic heterocycles. The number of hydrogen-bond donors (Lipinski definition) is 1. The molecule has 22 heavy (non-hydrogen) atoms. The van der Waals surface area contributed by atoms with E-state index in [0.717, 1.165) is 0 Å². The highest BCUT2D eigenvalue weighted by Crippen LogP contribution is 2.22. The molecule has 1 aliphatic rings. The van der Waals surface area contributed by atoms with Crippen LogP contribution in [0.4, 0.5) is 0 Å². The van der Waals surface area contributed by atoms with E-state index in [1.54, 1.807) is 20.8 Å². The Labute approximate surface area is 128 Å². The number of carbonyl (C=O) groups is 4. The minimum Gasteiger partial charge on any atom is -0.480 e. The minimum absolute atomic E-state index is 0.189. The number of aliphatic carboxylic acids is 1. The lowest BCUT2D eigenvalue weighted by Gasteiger charge is -2.24. The Morgan fingerprint density at radius 3 is 2.36 bits per heavy atom. The smallest absolute Gasteiger partial charge is 0.326 e. The van der Waals surface area contributed by atoms with Crippen molar-refractivity contribution >= 4 is 23.8 Å². The molecule has 0 aromatic rings. The lowest BCUT2D eigenvalue weighted by atomic mass is 10.1. The first-order chi connectivity index (χ1) is 10.1. The van der Waals surface area contributed by atoms with E-state index in [9.17, 15) is 24.3 Å². The molecule has 1 saturated heterocycles. The van der Waals surface area contributed by atoms with Crippen LogP contribution in [-0.2, 0) is 28.7 Å². The number of ether oxygens (including phenoxy) is 2. The molecule has 1 rings (SSSR count). The summed E-state index contributed by atoms with van der Waals surface area (Å²) >= 11 is 0. The number of imide groups is 1. The fourth-order valence-electron chi connectivity index (χ4n) is 2.14. The lowest BCUT2D eigenvalue weighted by Crippen LogP contribution is -2.46. The zero-order chi connectivity index (χ0) is 17.1. The molecule has 8 heteroatoms. The van der Waals surface area contributed by atoms with Crippen LogP contribution >= 0.6 is 0 Å². The largest absolute Gasteiger partial charge is 0.480 e. The Bertz CT molecular complexity index is 480. The summed E-state index contributed by atoms with van der Waals surface area (Å²) in [5.41, 5.74) is -0.684. The molecule has 1 heterocycles. The second-order valence-electron chi connectivity index (χ2n) is 6.01. The highest BCUT2D eigenvalue weighted by Gasteiger charge is 2.45. The predicted octanol–water partition coefficient (Wildman–Crippen LogP) is 0.335. The number of methoxy groups -OCH3 is 1. The molecule has 2 amide bonds. The van der Waals surface area contributed by atoms with Crippen LogP contribution in [0.5, 0.6) is 0 Å². The molecule has 1 N–H and O–H groups in total. The summed E-state index contributed by atoms with van der Waals surface area (Å²) in [6.07, 6.45) is -1.55. The molecule has 0 aromatic heterocycles. The monoisotopic (exact) mass is 315 g/mol. The number of carboxylic acids is 1. The zero-order valence-corrected chi connectivity index (χ0v) is 13.1. The van der Waals surface area contributed by atoms with Crippen LogP contribution in [0.15, 0.2) is 0 Å². The maximum absolute atomic E-state index is 12.0. The van der Waals surface area contributed by atoms with Crippen LogP contribution < -0.4 is 0 Å². The molecular weight excluding hydrogens is 294 g/mol. The van der Waals surface area contributed by atoms with Crippen LogP contribution in [0.1, 0.15) is 40.0 Å². The van der Waals surface area contributed by atoms with Gasteiger partial charge in [-0.05, 0) is 27.2 Å². The fraction of sp³-hybridized carbons (Fsp3) is 0.714. The molecule has 124 valence electrons. The molecule has 0 radical (unpaired) electrons. The third kappa shape index (κ3) is 4.52. The Hall–Kier alpha value is -1.96. The van der Waals surface area contributed by atoms with E-state index in [-0.39, 0.29) is 19.3 Å². The van der Waals surface area contributed by atoms with Gasteiger partial charge < -0.3 is 14.6 Å². The summed E-state index contributed by atoms with van der Waals surface area (Å²) in [6.45, 7) is 5.07. The first-order valence-corrected chi connectivity index (χ1v) is 6.90. The van der Waals surface area contributed by atoms with E-state index in [0.29, 0.717) is 4.90 Å². The van der Waals surface area contributed by atoms with Gasteiger partial charge in [0.05, 0.1) is 6.42 Å². The van der Waals surface area contributed by atoms with Crippen LogP contribution in [0.2, 0.25) is 0 Å². The van der Waals surface area contributed by atoms with E-state index in [4.69, 9.17) is 9.47 Å². The van der Waals surface area contributed by atoms with Gasteiger partial charge in [-0.3, -0.25) is 19.3 Å². The molecule has 0 spiro atoms. The first-order valence-electron chi connectivity index (χ1n) is 6.90. The van der Waals surface area contributed by atoms with Gasteiger partial charge in [-0.1, -0.05) is 0 Å². The van der Waals surface area contributed by atoms with Gasteiger partial charge >= 0.3 is 11.9 Å². The third-order valence-electron chi connectivity index (χ3n) is 3.06. The second-order valence-corrected chi connectivity index (χ2v) is 6.01. The van der Waals surface area contributed by atoms with Crippen molar-refractivity contribution in [1.82, 2.24) is 4.90 Å². The highest BCUT2D eigenvalue weighted by molar-refractivity contribution is 6.07.